The number of rotatable bonds is 3. The van der Waals surface area contributed by atoms with Crippen LogP contribution in [0.25, 0.3) is 0 Å². The largest absolute Gasteiger partial charge is 0.381 e. The van der Waals surface area contributed by atoms with E-state index < -0.39 is 0 Å². The molecule has 1 aliphatic heterocycles. The summed E-state index contributed by atoms with van der Waals surface area (Å²) in [6.45, 7) is 5.35. The van der Waals surface area contributed by atoms with Gasteiger partial charge < -0.3 is 10.1 Å². The maximum absolute atomic E-state index is 14.7. The lowest BCUT2D eigenvalue weighted by atomic mass is 9.96. The van der Waals surface area contributed by atoms with Crippen molar-refractivity contribution < 1.29 is 9.13 Å². The Morgan fingerprint density at radius 1 is 1.09 bits per heavy atom. The van der Waals surface area contributed by atoms with Crippen LogP contribution in [0.15, 0.2) is 24.5 Å². The number of aryl methyl sites for hydroxylation is 2. The van der Waals surface area contributed by atoms with Gasteiger partial charge in [0.15, 0.2) is 11.6 Å². The van der Waals surface area contributed by atoms with Gasteiger partial charge in [0.2, 0.25) is 0 Å². The quantitative estimate of drug-likeness (QED) is 0.935. The Kier molecular flexibility index (Phi) is 4.34. The van der Waals surface area contributed by atoms with Crippen molar-refractivity contribution in [2.45, 2.75) is 32.6 Å². The van der Waals surface area contributed by atoms with Crippen LogP contribution in [0.4, 0.5) is 15.9 Å². The van der Waals surface area contributed by atoms with Gasteiger partial charge in [-0.3, -0.25) is 0 Å². The van der Waals surface area contributed by atoms with Crippen LogP contribution in [-0.2, 0) is 4.74 Å². The van der Waals surface area contributed by atoms with Gasteiger partial charge in [0.25, 0.3) is 0 Å². The van der Waals surface area contributed by atoms with Crippen LogP contribution >= 0.6 is 0 Å². The standard InChI is InChI=1S/C17H20FN3O/c1-11-7-12(2)9-14(8-11)21-17-15(18)16(19-10-20-17)13-3-5-22-6-4-13/h7-10,13H,3-6H2,1-2H3,(H,19,20,21). The molecular formula is C17H20FN3O. The van der Waals surface area contributed by atoms with E-state index in [9.17, 15) is 4.39 Å². The lowest BCUT2D eigenvalue weighted by Gasteiger charge is -2.22. The highest BCUT2D eigenvalue weighted by molar-refractivity contribution is 5.59. The number of nitrogens with one attached hydrogen (secondary N) is 1. The number of nitrogens with zero attached hydrogens (tertiary/aromatic N) is 2. The second kappa shape index (κ2) is 6.40. The Hall–Kier alpha value is -2.01. The highest BCUT2D eigenvalue weighted by Gasteiger charge is 2.23. The van der Waals surface area contributed by atoms with E-state index >= 15 is 0 Å². The first kappa shape index (κ1) is 14.9. The molecule has 0 amide bonds. The maximum atomic E-state index is 14.7. The molecule has 0 radical (unpaired) electrons. The van der Waals surface area contributed by atoms with E-state index in [0.29, 0.717) is 18.9 Å². The van der Waals surface area contributed by atoms with Crippen LogP contribution in [-0.4, -0.2) is 23.2 Å². The Balaban J connectivity index is 1.87. The van der Waals surface area contributed by atoms with Crippen LogP contribution in [0, 0.1) is 19.7 Å². The predicted molar refractivity (Wildman–Crippen MR) is 84.0 cm³/mol. The second-order valence-electron chi connectivity index (χ2n) is 5.81. The Labute approximate surface area is 129 Å². The number of ether oxygens (including phenoxy) is 1. The molecule has 0 unspecified atom stereocenters. The summed E-state index contributed by atoms with van der Waals surface area (Å²) in [4.78, 5) is 8.22. The van der Waals surface area contributed by atoms with Crippen molar-refractivity contribution in [3.8, 4) is 0 Å². The topological polar surface area (TPSA) is 47.0 Å². The van der Waals surface area contributed by atoms with E-state index in [-0.39, 0.29) is 17.6 Å². The van der Waals surface area contributed by atoms with Gasteiger partial charge in [-0.05, 0) is 49.9 Å². The molecule has 2 heterocycles. The van der Waals surface area contributed by atoms with E-state index in [1.165, 1.54) is 6.33 Å². The van der Waals surface area contributed by atoms with E-state index in [1.54, 1.807) is 0 Å². The minimum absolute atomic E-state index is 0.108. The van der Waals surface area contributed by atoms with Crippen LogP contribution in [0.1, 0.15) is 35.6 Å². The van der Waals surface area contributed by atoms with Gasteiger partial charge in [-0.25, -0.2) is 14.4 Å². The molecule has 0 spiro atoms. The molecule has 1 aromatic heterocycles. The summed E-state index contributed by atoms with van der Waals surface area (Å²) in [5.74, 6) is -0.00778. The van der Waals surface area contributed by atoms with Crippen molar-refractivity contribution in [3.63, 3.8) is 0 Å². The third-order valence-corrected chi connectivity index (χ3v) is 3.91. The molecule has 1 N–H and O–H groups in total. The molecule has 1 fully saturated rings. The maximum Gasteiger partial charge on any atom is 0.187 e. The first-order chi connectivity index (χ1) is 10.6. The zero-order valence-electron chi connectivity index (χ0n) is 12.9. The normalized spacial score (nSPS) is 15.8. The molecule has 5 heteroatoms. The van der Waals surface area contributed by atoms with Crippen LogP contribution in [0.5, 0.6) is 0 Å². The van der Waals surface area contributed by atoms with E-state index in [0.717, 1.165) is 29.7 Å². The molecular weight excluding hydrogens is 281 g/mol. The summed E-state index contributed by atoms with van der Waals surface area (Å²) in [6, 6.07) is 6.03. The first-order valence-electron chi connectivity index (χ1n) is 7.57. The summed E-state index contributed by atoms with van der Waals surface area (Å²) >= 11 is 0. The molecule has 1 aromatic carbocycles. The fourth-order valence-electron chi connectivity index (χ4n) is 2.91. The predicted octanol–water partition coefficient (Wildman–Crippen LogP) is 3.87. The Morgan fingerprint density at radius 3 is 2.45 bits per heavy atom. The van der Waals surface area contributed by atoms with Crippen molar-refractivity contribution in [1.82, 2.24) is 9.97 Å². The SMILES string of the molecule is Cc1cc(C)cc(Nc2ncnc(C3CCOCC3)c2F)c1. The van der Waals surface area contributed by atoms with Crippen LogP contribution in [0.3, 0.4) is 0 Å². The molecule has 116 valence electrons. The molecule has 0 bridgehead atoms. The van der Waals surface area contributed by atoms with Gasteiger partial charge in [0, 0.05) is 24.8 Å². The fourth-order valence-corrected chi connectivity index (χ4v) is 2.91. The van der Waals surface area contributed by atoms with Crippen LogP contribution < -0.4 is 5.32 Å². The molecule has 3 rings (SSSR count). The smallest absolute Gasteiger partial charge is 0.187 e. The molecule has 0 aliphatic carbocycles. The number of halogens is 1. The highest BCUT2D eigenvalue weighted by Crippen LogP contribution is 2.30. The average Bonchev–Trinajstić information content (AvgIpc) is 2.49. The lowest BCUT2D eigenvalue weighted by Crippen LogP contribution is -2.17. The minimum Gasteiger partial charge on any atom is -0.381 e. The van der Waals surface area contributed by atoms with Gasteiger partial charge in [-0.15, -0.1) is 0 Å². The molecule has 22 heavy (non-hydrogen) atoms. The van der Waals surface area contributed by atoms with Crippen molar-refractivity contribution >= 4 is 11.5 Å². The lowest BCUT2D eigenvalue weighted by molar-refractivity contribution is 0.0837. The third kappa shape index (κ3) is 3.25. The van der Waals surface area contributed by atoms with Crippen molar-refractivity contribution in [2.24, 2.45) is 0 Å². The Bertz CT molecular complexity index is 649. The summed E-state index contributed by atoms with van der Waals surface area (Å²) in [5, 5.41) is 3.08. The van der Waals surface area contributed by atoms with Gasteiger partial charge in [0.1, 0.15) is 6.33 Å². The summed E-state index contributed by atoms with van der Waals surface area (Å²) < 4.78 is 20.0. The second-order valence-corrected chi connectivity index (χ2v) is 5.81. The zero-order valence-corrected chi connectivity index (χ0v) is 12.9. The van der Waals surface area contributed by atoms with Crippen molar-refractivity contribution in [3.05, 3.63) is 47.2 Å². The summed E-state index contributed by atoms with van der Waals surface area (Å²) in [5.41, 5.74) is 3.58. The van der Waals surface area contributed by atoms with E-state index in [4.69, 9.17) is 4.74 Å². The van der Waals surface area contributed by atoms with Crippen molar-refractivity contribution in [1.29, 1.82) is 0 Å². The van der Waals surface area contributed by atoms with Gasteiger partial charge in [0.05, 0.1) is 5.69 Å². The number of aromatic nitrogens is 2. The average molecular weight is 301 g/mol. The van der Waals surface area contributed by atoms with Gasteiger partial charge in [-0.2, -0.15) is 0 Å². The number of benzene rings is 1. The monoisotopic (exact) mass is 301 g/mol. The highest BCUT2D eigenvalue weighted by atomic mass is 19.1. The zero-order chi connectivity index (χ0) is 15.5. The number of hydrogen-bond donors (Lipinski definition) is 1. The molecule has 1 aliphatic rings. The fraction of sp³-hybridized carbons (Fsp3) is 0.412. The summed E-state index contributed by atoms with van der Waals surface area (Å²) in [7, 11) is 0. The van der Waals surface area contributed by atoms with Crippen molar-refractivity contribution in [2.75, 3.05) is 18.5 Å². The van der Waals surface area contributed by atoms with Gasteiger partial charge in [-0.1, -0.05) is 6.07 Å². The molecule has 2 aromatic rings. The third-order valence-electron chi connectivity index (χ3n) is 3.91. The molecule has 0 atom stereocenters. The minimum atomic E-state index is -0.353. The number of anilines is 2. The first-order valence-corrected chi connectivity index (χ1v) is 7.57. The number of hydrogen-bond acceptors (Lipinski definition) is 4. The molecule has 4 nitrogen and oxygen atoms in total. The Morgan fingerprint density at radius 2 is 1.77 bits per heavy atom. The van der Waals surface area contributed by atoms with Crippen LogP contribution in [0.2, 0.25) is 0 Å². The summed E-state index contributed by atoms with van der Waals surface area (Å²) in [6.07, 6.45) is 3.03. The molecule has 1 saturated heterocycles. The molecule has 0 saturated carbocycles. The van der Waals surface area contributed by atoms with E-state index in [1.807, 2.05) is 26.0 Å². The van der Waals surface area contributed by atoms with Gasteiger partial charge >= 0.3 is 0 Å². The van der Waals surface area contributed by atoms with E-state index in [2.05, 4.69) is 21.4 Å².